The van der Waals surface area contributed by atoms with E-state index in [2.05, 4.69) is 20.4 Å². The lowest BCUT2D eigenvalue weighted by Gasteiger charge is -2.31. The number of ketones is 1. The fourth-order valence-electron chi connectivity index (χ4n) is 4.59. The Balaban J connectivity index is 1.24. The second-order valence-corrected chi connectivity index (χ2v) is 9.19. The number of carbonyl (C=O) groups is 2. The van der Waals surface area contributed by atoms with Gasteiger partial charge in [-0.25, -0.2) is 0 Å². The van der Waals surface area contributed by atoms with Gasteiger partial charge in [0.15, 0.2) is 5.78 Å². The Kier molecular flexibility index (Phi) is 7.00. The SMILES string of the molecule is Cc1cccc(-c2noc(CN3CCCC(C(=O)Nc4ccccc4C(=O)c4ccccc4)C3)n2)c1. The molecule has 3 aromatic carbocycles. The monoisotopic (exact) mass is 480 g/mol. The molecular formula is C29H28N4O3. The second kappa shape index (κ2) is 10.7. The van der Waals surface area contributed by atoms with E-state index < -0.39 is 0 Å². The molecule has 0 radical (unpaired) electrons. The number of anilines is 1. The van der Waals surface area contributed by atoms with Crippen LogP contribution in [0.4, 0.5) is 5.69 Å². The normalized spacial score (nSPS) is 16.0. The number of rotatable bonds is 7. The van der Waals surface area contributed by atoms with Crippen molar-refractivity contribution < 1.29 is 14.1 Å². The quantitative estimate of drug-likeness (QED) is 0.369. The summed E-state index contributed by atoms with van der Waals surface area (Å²) in [6, 6.07) is 24.2. The number of carbonyl (C=O) groups excluding carboxylic acids is 2. The van der Waals surface area contributed by atoms with Gasteiger partial charge in [0.05, 0.1) is 18.2 Å². The molecule has 0 saturated carbocycles. The van der Waals surface area contributed by atoms with Gasteiger partial charge in [-0.1, -0.05) is 71.4 Å². The third kappa shape index (κ3) is 5.42. The van der Waals surface area contributed by atoms with Crippen LogP contribution in [-0.2, 0) is 11.3 Å². The first-order valence-corrected chi connectivity index (χ1v) is 12.2. The van der Waals surface area contributed by atoms with Gasteiger partial charge in [-0.3, -0.25) is 14.5 Å². The maximum absolute atomic E-state index is 13.2. The third-order valence-electron chi connectivity index (χ3n) is 6.45. The first-order chi connectivity index (χ1) is 17.6. The molecule has 0 spiro atoms. The van der Waals surface area contributed by atoms with Gasteiger partial charge < -0.3 is 9.84 Å². The fraction of sp³-hybridized carbons (Fsp3) is 0.241. The molecule has 1 atom stereocenters. The van der Waals surface area contributed by atoms with Crippen molar-refractivity contribution in [1.82, 2.24) is 15.0 Å². The maximum Gasteiger partial charge on any atom is 0.241 e. The van der Waals surface area contributed by atoms with Gasteiger partial charge in [-0.15, -0.1) is 0 Å². The van der Waals surface area contributed by atoms with Crippen LogP contribution in [0.3, 0.4) is 0 Å². The molecule has 1 N–H and O–H groups in total. The van der Waals surface area contributed by atoms with Crippen LogP contribution in [0.25, 0.3) is 11.4 Å². The minimum absolute atomic E-state index is 0.0843. The summed E-state index contributed by atoms with van der Waals surface area (Å²) < 4.78 is 5.50. The molecule has 0 aliphatic carbocycles. The predicted octanol–water partition coefficient (Wildman–Crippen LogP) is 5.13. The number of hydrogen-bond donors (Lipinski definition) is 1. The molecule has 1 fully saturated rings. The lowest BCUT2D eigenvalue weighted by atomic mass is 9.96. The molecule has 7 heteroatoms. The summed E-state index contributed by atoms with van der Waals surface area (Å²) in [6.07, 6.45) is 1.68. The molecule has 4 aromatic rings. The summed E-state index contributed by atoms with van der Waals surface area (Å²) in [4.78, 5) is 32.9. The van der Waals surface area contributed by atoms with Crippen LogP contribution in [0.1, 0.15) is 40.2 Å². The molecule has 36 heavy (non-hydrogen) atoms. The summed E-state index contributed by atoms with van der Waals surface area (Å²) in [5, 5.41) is 7.14. The molecule has 1 unspecified atom stereocenters. The van der Waals surface area contributed by atoms with Crippen LogP contribution in [0.5, 0.6) is 0 Å². The van der Waals surface area contributed by atoms with E-state index in [4.69, 9.17) is 4.52 Å². The van der Waals surface area contributed by atoms with Crippen molar-refractivity contribution in [3.05, 3.63) is 101 Å². The molecule has 1 aliphatic heterocycles. The standard InChI is InChI=1S/C29H28N4O3/c1-20-9-7-12-22(17-20)28-31-26(36-32-28)19-33-16-8-13-23(18-33)29(35)30-25-15-6-5-14-24(25)27(34)21-10-3-2-4-11-21/h2-7,9-12,14-15,17,23H,8,13,16,18-19H2,1H3,(H,30,35). The molecule has 7 nitrogen and oxygen atoms in total. The molecule has 2 heterocycles. The molecule has 0 bridgehead atoms. The lowest BCUT2D eigenvalue weighted by Crippen LogP contribution is -2.40. The molecule has 1 amide bonds. The Morgan fingerprint density at radius 1 is 1.03 bits per heavy atom. The Bertz CT molecular complexity index is 1370. The van der Waals surface area contributed by atoms with Crippen LogP contribution < -0.4 is 5.32 Å². The zero-order chi connectivity index (χ0) is 24.9. The number of benzene rings is 3. The first kappa shape index (κ1) is 23.6. The van der Waals surface area contributed by atoms with E-state index in [1.54, 1.807) is 24.3 Å². The Hall–Kier alpha value is -4.10. The average molecular weight is 481 g/mol. The van der Waals surface area contributed by atoms with E-state index in [0.717, 1.165) is 30.5 Å². The van der Waals surface area contributed by atoms with Crippen LogP contribution in [0, 0.1) is 12.8 Å². The molecular weight excluding hydrogens is 452 g/mol. The molecule has 1 aromatic heterocycles. The number of para-hydroxylation sites is 1. The Morgan fingerprint density at radius 2 is 1.83 bits per heavy atom. The molecule has 5 rings (SSSR count). The number of aromatic nitrogens is 2. The van der Waals surface area contributed by atoms with Gasteiger partial charge in [0, 0.05) is 23.2 Å². The largest absolute Gasteiger partial charge is 0.338 e. The molecule has 1 saturated heterocycles. The molecule has 1 aliphatic rings. The topological polar surface area (TPSA) is 88.3 Å². The summed E-state index contributed by atoms with van der Waals surface area (Å²) in [5.74, 6) is 0.709. The second-order valence-electron chi connectivity index (χ2n) is 9.19. The van der Waals surface area contributed by atoms with Crippen molar-refractivity contribution in [2.24, 2.45) is 5.92 Å². The minimum Gasteiger partial charge on any atom is -0.338 e. The molecule has 182 valence electrons. The van der Waals surface area contributed by atoms with E-state index in [1.807, 2.05) is 61.5 Å². The number of nitrogens with zero attached hydrogens (tertiary/aromatic N) is 3. The van der Waals surface area contributed by atoms with Crippen molar-refractivity contribution in [3.8, 4) is 11.4 Å². The summed E-state index contributed by atoms with van der Waals surface area (Å²) >= 11 is 0. The van der Waals surface area contributed by atoms with Gasteiger partial charge in [0.25, 0.3) is 0 Å². The summed E-state index contributed by atoms with van der Waals surface area (Å²) in [6.45, 7) is 3.96. The number of piperidine rings is 1. The summed E-state index contributed by atoms with van der Waals surface area (Å²) in [5.41, 5.74) is 3.67. The zero-order valence-corrected chi connectivity index (χ0v) is 20.2. The smallest absolute Gasteiger partial charge is 0.241 e. The number of aryl methyl sites for hydroxylation is 1. The highest BCUT2D eigenvalue weighted by Gasteiger charge is 2.28. The van der Waals surface area contributed by atoms with Gasteiger partial charge >= 0.3 is 0 Å². The zero-order valence-electron chi connectivity index (χ0n) is 20.2. The highest BCUT2D eigenvalue weighted by atomic mass is 16.5. The summed E-state index contributed by atoms with van der Waals surface area (Å²) in [7, 11) is 0. The van der Waals surface area contributed by atoms with Crippen LogP contribution in [0.2, 0.25) is 0 Å². The Labute approximate surface area is 210 Å². The number of hydrogen-bond acceptors (Lipinski definition) is 6. The van der Waals surface area contributed by atoms with Gasteiger partial charge in [0.2, 0.25) is 17.6 Å². The predicted molar refractivity (Wildman–Crippen MR) is 137 cm³/mol. The van der Waals surface area contributed by atoms with E-state index >= 15 is 0 Å². The van der Waals surface area contributed by atoms with Crippen molar-refractivity contribution in [1.29, 1.82) is 0 Å². The van der Waals surface area contributed by atoms with Crippen molar-refractivity contribution >= 4 is 17.4 Å². The Morgan fingerprint density at radius 3 is 2.67 bits per heavy atom. The highest BCUT2D eigenvalue weighted by Crippen LogP contribution is 2.24. The van der Waals surface area contributed by atoms with Gasteiger partial charge in [0.1, 0.15) is 0 Å². The number of likely N-dealkylation sites (tertiary alicyclic amines) is 1. The van der Waals surface area contributed by atoms with E-state index in [9.17, 15) is 9.59 Å². The lowest BCUT2D eigenvalue weighted by molar-refractivity contribution is -0.121. The van der Waals surface area contributed by atoms with Gasteiger partial charge in [-0.05, 0) is 44.5 Å². The van der Waals surface area contributed by atoms with E-state index in [0.29, 0.717) is 41.6 Å². The third-order valence-corrected chi connectivity index (χ3v) is 6.45. The number of amides is 1. The highest BCUT2D eigenvalue weighted by molar-refractivity contribution is 6.13. The van der Waals surface area contributed by atoms with Crippen molar-refractivity contribution in [3.63, 3.8) is 0 Å². The maximum atomic E-state index is 13.2. The first-order valence-electron chi connectivity index (χ1n) is 12.2. The van der Waals surface area contributed by atoms with Crippen molar-refractivity contribution in [2.75, 3.05) is 18.4 Å². The minimum atomic E-state index is -0.196. The van der Waals surface area contributed by atoms with Crippen LogP contribution in [-0.4, -0.2) is 39.8 Å². The fourth-order valence-corrected chi connectivity index (χ4v) is 4.59. The van der Waals surface area contributed by atoms with Crippen LogP contribution in [0.15, 0.2) is 83.4 Å². The van der Waals surface area contributed by atoms with E-state index in [-0.39, 0.29) is 17.6 Å². The van der Waals surface area contributed by atoms with E-state index in [1.165, 1.54) is 0 Å². The number of nitrogens with one attached hydrogen (secondary N) is 1. The van der Waals surface area contributed by atoms with Gasteiger partial charge in [-0.2, -0.15) is 4.98 Å². The van der Waals surface area contributed by atoms with Crippen molar-refractivity contribution in [2.45, 2.75) is 26.3 Å². The van der Waals surface area contributed by atoms with Crippen LogP contribution >= 0.6 is 0 Å². The average Bonchev–Trinajstić information content (AvgIpc) is 3.38.